The summed E-state index contributed by atoms with van der Waals surface area (Å²) < 4.78 is 3.91. The Bertz CT molecular complexity index is 816. The van der Waals surface area contributed by atoms with E-state index in [1.165, 1.54) is 0 Å². The summed E-state index contributed by atoms with van der Waals surface area (Å²) in [5.41, 5.74) is 1.76. The van der Waals surface area contributed by atoms with Crippen molar-refractivity contribution in [3.05, 3.63) is 75.3 Å². The minimum Gasteiger partial charge on any atom is -1.00 e. The van der Waals surface area contributed by atoms with E-state index in [9.17, 15) is 4.79 Å². The van der Waals surface area contributed by atoms with E-state index < -0.39 is 0 Å². The molecular formula is C17H12Br3NO. The van der Waals surface area contributed by atoms with Gasteiger partial charge in [-0.25, -0.2) is 0 Å². The third-order valence-corrected chi connectivity index (χ3v) is 4.26. The van der Waals surface area contributed by atoms with E-state index in [0.717, 1.165) is 25.4 Å². The van der Waals surface area contributed by atoms with Crippen LogP contribution in [0.4, 0.5) is 0 Å². The lowest BCUT2D eigenvalue weighted by molar-refractivity contribution is -0.657. The highest BCUT2D eigenvalue weighted by atomic mass is 79.9. The molecule has 3 rings (SSSR count). The number of para-hydroxylation sites is 1. The third-order valence-electron chi connectivity index (χ3n) is 3.30. The standard InChI is InChI=1S/C17H12Br2NO.BrH/c18-14-7-5-12(6-8-14)17(21)11-20-10-15(19)9-13-3-1-2-4-16(13)20;/h1-10H,11H2;1H/q+1;/p-1. The highest BCUT2D eigenvalue weighted by Crippen LogP contribution is 2.16. The molecule has 112 valence electrons. The van der Waals surface area contributed by atoms with Crippen molar-refractivity contribution in [3.63, 3.8) is 0 Å². The number of hydrogen-bond donors (Lipinski definition) is 0. The smallest absolute Gasteiger partial charge is 0.227 e. The number of carbonyl (C=O) groups is 1. The van der Waals surface area contributed by atoms with Gasteiger partial charge < -0.3 is 17.0 Å². The summed E-state index contributed by atoms with van der Waals surface area (Å²) in [6, 6.07) is 17.5. The number of fused-ring (bicyclic) bond motifs is 1. The first-order valence-electron chi connectivity index (χ1n) is 6.50. The molecule has 0 aliphatic carbocycles. The molecule has 22 heavy (non-hydrogen) atoms. The van der Waals surface area contributed by atoms with Crippen LogP contribution in [0.3, 0.4) is 0 Å². The first-order valence-corrected chi connectivity index (χ1v) is 8.08. The van der Waals surface area contributed by atoms with Crippen molar-refractivity contribution in [3.8, 4) is 0 Å². The number of rotatable bonds is 3. The fraction of sp³-hybridized carbons (Fsp3) is 0.0588. The van der Waals surface area contributed by atoms with E-state index in [0.29, 0.717) is 6.54 Å². The molecule has 0 bridgehead atoms. The number of ketones is 1. The quantitative estimate of drug-likeness (QED) is 0.407. The highest BCUT2D eigenvalue weighted by molar-refractivity contribution is 9.10. The maximum atomic E-state index is 12.4. The number of halogens is 3. The van der Waals surface area contributed by atoms with Crippen molar-refractivity contribution in [1.82, 2.24) is 0 Å². The molecule has 0 N–H and O–H groups in total. The Labute approximate surface area is 156 Å². The van der Waals surface area contributed by atoms with E-state index >= 15 is 0 Å². The second kappa shape index (κ2) is 7.49. The second-order valence-corrected chi connectivity index (χ2v) is 6.61. The van der Waals surface area contributed by atoms with Crippen molar-refractivity contribution in [1.29, 1.82) is 0 Å². The highest BCUT2D eigenvalue weighted by Gasteiger charge is 2.16. The van der Waals surface area contributed by atoms with Gasteiger partial charge in [0.15, 0.2) is 6.20 Å². The Balaban J connectivity index is 0.00000176. The average Bonchev–Trinajstić information content (AvgIpc) is 2.47. The van der Waals surface area contributed by atoms with Crippen molar-refractivity contribution in [2.24, 2.45) is 0 Å². The van der Waals surface area contributed by atoms with Crippen LogP contribution in [0.15, 0.2) is 69.7 Å². The number of aromatic nitrogens is 1. The lowest BCUT2D eigenvalue weighted by Crippen LogP contribution is -3.00. The van der Waals surface area contributed by atoms with Crippen LogP contribution in [-0.2, 0) is 6.54 Å². The molecule has 0 saturated carbocycles. The Morgan fingerprint density at radius 1 is 0.955 bits per heavy atom. The second-order valence-electron chi connectivity index (χ2n) is 4.78. The molecule has 0 saturated heterocycles. The lowest BCUT2D eigenvalue weighted by atomic mass is 10.1. The zero-order valence-electron chi connectivity index (χ0n) is 11.5. The van der Waals surface area contributed by atoms with E-state index in [1.54, 1.807) is 0 Å². The summed E-state index contributed by atoms with van der Waals surface area (Å²) in [6.07, 6.45) is 1.94. The summed E-state index contributed by atoms with van der Waals surface area (Å²) in [4.78, 5) is 12.4. The molecule has 0 aliphatic heterocycles. The summed E-state index contributed by atoms with van der Waals surface area (Å²) in [5.74, 6) is 0.0933. The molecule has 0 amide bonds. The van der Waals surface area contributed by atoms with Gasteiger partial charge in [0.1, 0.15) is 0 Å². The lowest BCUT2D eigenvalue weighted by Gasteiger charge is -2.03. The number of nitrogens with zero attached hydrogens (tertiary/aromatic N) is 1. The predicted molar refractivity (Wildman–Crippen MR) is 90.3 cm³/mol. The summed E-state index contributed by atoms with van der Waals surface area (Å²) in [7, 11) is 0. The van der Waals surface area contributed by atoms with Gasteiger partial charge >= 0.3 is 0 Å². The van der Waals surface area contributed by atoms with Crippen LogP contribution in [0.2, 0.25) is 0 Å². The maximum Gasteiger partial charge on any atom is 0.227 e. The van der Waals surface area contributed by atoms with E-state index in [-0.39, 0.29) is 22.8 Å². The fourth-order valence-corrected chi connectivity index (χ4v) is 3.05. The van der Waals surface area contributed by atoms with Gasteiger partial charge in [-0.3, -0.25) is 4.79 Å². The molecule has 0 fully saturated rings. The Kier molecular flexibility index (Phi) is 5.89. The fourth-order valence-electron chi connectivity index (χ4n) is 2.29. The van der Waals surface area contributed by atoms with Gasteiger partial charge in [-0.15, -0.1) is 0 Å². The van der Waals surface area contributed by atoms with E-state index in [4.69, 9.17) is 0 Å². The van der Waals surface area contributed by atoms with Gasteiger partial charge in [-0.1, -0.05) is 40.2 Å². The van der Waals surface area contributed by atoms with Crippen LogP contribution in [0.25, 0.3) is 10.9 Å². The van der Waals surface area contributed by atoms with Gasteiger partial charge in [0.2, 0.25) is 17.8 Å². The molecule has 0 atom stereocenters. The van der Waals surface area contributed by atoms with Crippen LogP contribution >= 0.6 is 31.9 Å². The molecule has 3 aromatic rings. The van der Waals surface area contributed by atoms with E-state index in [1.807, 2.05) is 59.3 Å². The molecule has 0 aliphatic rings. The molecule has 2 aromatic carbocycles. The minimum absolute atomic E-state index is 0. The van der Waals surface area contributed by atoms with Gasteiger partial charge in [-0.2, -0.15) is 4.57 Å². The monoisotopic (exact) mass is 483 g/mol. The van der Waals surface area contributed by atoms with Crippen LogP contribution in [0, 0.1) is 0 Å². The largest absolute Gasteiger partial charge is 1.00 e. The number of pyridine rings is 1. The van der Waals surface area contributed by atoms with Gasteiger partial charge in [0.05, 0.1) is 4.47 Å². The number of benzene rings is 2. The first-order chi connectivity index (χ1) is 10.1. The Morgan fingerprint density at radius 3 is 2.36 bits per heavy atom. The average molecular weight is 486 g/mol. The van der Waals surface area contributed by atoms with E-state index in [2.05, 4.69) is 37.9 Å². The number of Topliss-reactive ketones (excluding diaryl/α,β-unsaturated/α-hetero) is 1. The van der Waals surface area contributed by atoms with Crippen molar-refractivity contribution in [2.75, 3.05) is 0 Å². The van der Waals surface area contributed by atoms with Crippen LogP contribution in [0.1, 0.15) is 10.4 Å². The molecular weight excluding hydrogens is 474 g/mol. The van der Waals surface area contributed by atoms with Crippen molar-refractivity contribution in [2.45, 2.75) is 6.54 Å². The number of hydrogen-bond acceptors (Lipinski definition) is 1. The summed E-state index contributed by atoms with van der Waals surface area (Å²) in [6.45, 7) is 0.321. The summed E-state index contributed by atoms with van der Waals surface area (Å²) >= 11 is 6.88. The topological polar surface area (TPSA) is 20.9 Å². The Morgan fingerprint density at radius 2 is 1.64 bits per heavy atom. The molecule has 5 heteroatoms. The van der Waals surface area contributed by atoms with Crippen LogP contribution in [-0.4, -0.2) is 5.78 Å². The SMILES string of the molecule is O=C(C[n+]1cc(Br)cc2ccccc21)c1ccc(Br)cc1.[Br-]. The first kappa shape index (κ1) is 17.3. The maximum absolute atomic E-state index is 12.4. The van der Waals surface area contributed by atoms with Crippen molar-refractivity contribution < 1.29 is 26.3 Å². The zero-order chi connectivity index (χ0) is 14.8. The van der Waals surface area contributed by atoms with Gasteiger partial charge in [0, 0.05) is 21.5 Å². The molecule has 0 spiro atoms. The molecule has 1 aromatic heterocycles. The number of carbonyl (C=O) groups excluding carboxylic acids is 1. The normalized spacial score (nSPS) is 10.3. The minimum atomic E-state index is 0. The predicted octanol–water partition coefficient (Wildman–Crippen LogP) is 1.54. The zero-order valence-corrected chi connectivity index (χ0v) is 16.2. The summed E-state index contributed by atoms with van der Waals surface area (Å²) in [5, 5.41) is 1.11. The van der Waals surface area contributed by atoms with Crippen LogP contribution < -0.4 is 21.5 Å². The van der Waals surface area contributed by atoms with Crippen molar-refractivity contribution >= 4 is 48.5 Å². The molecule has 2 nitrogen and oxygen atoms in total. The van der Waals surface area contributed by atoms with Gasteiger partial charge in [0.25, 0.3) is 0 Å². The Hall–Kier alpha value is -1.04. The third kappa shape index (κ3) is 3.83. The molecule has 0 radical (unpaired) electrons. The molecule has 1 heterocycles. The molecule has 0 unspecified atom stereocenters. The van der Waals surface area contributed by atoms with Gasteiger partial charge in [-0.05, 0) is 40.2 Å². The van der Waals surface area contributed by atoms with Crippen LogP contribution in [0.5, 0.6) is 0 Å².